The fourth-order valence-electron chi connectivity index (χ4n) is 3.23. The summed E-state index contributed by atoms with van der Waals surface area (Å²) in [5.74, 6) is 0. The number of hydrogen-bond donors (Lipinski definition) is 1. The van der Waals surface area contributed by atoms with Crippen molar-refractivity contribution in [2.45, 2.75) is 44.7 Å². The summed E-state index contributed by atoms with van der Waals surface area (Å²) in [5, 5.41) is 3.59. The Morgan fingerprint density at radius 1 is 1.21 bits per heavy atom. The van der Waals surface area contributed by atoms with E-state index in [1.807, 2.05) is 0 Å². The number of rotatable bonds is 6. The van der Waals surface area contributed by atoms with Gasteiger partial charge >= 0.3 is 0 Å². The Bertz CT molecular complexity index is 452. The van der Waals surface area contributed by atoms with Gasteiger partial charge < -0.3 is 10.1 Å². The third-order valence-electron chi connectivity index (χ3n) is 3.77. The molecule has 104 valence electrons. The van der Waals surface area contributed by atoms with Gasteiger partial charge in [-0.15, -0.1) is 0 Å². The summed E-state index contributed by atoms with van der Waals surface area (Å²) < 4.78 is 5.51. The quantitative estimate of drug-likeness (QED) is 0.845. The molecule has 2 nitrogen and oxygen atoms in total. The molecule has 0 fully saturated rings. The number of methoxy groups -OCH3 is 1. The first-order valence-corrected chi connectivity index (χ1v) is 7.11. The van der Waals surface area contributed by atoms with Crippen molar-refractivity contribution in [2.75, 3.05) is 13.7 Å². The summed E-state index contributed by atoms with van der Waals surface area (Å²) in [4.78, 5) is 0. The minimum Gasteiger partial charge on any atom is -0.383 e. The first kappa shape index (κ1) is 14.3. The standard InChI is InChI=1S/C17H25NO/c1-13(2)18-14(3)11-17(12-19-4)10-9-15-7-5-6-8-16(15)17/h5-10,13-14,18H,11-12H2,1-4H3. The second-order valence-electron chi connectivity index (χ2n) is 5.94. The first-order chi connectivity index (χ1) is 9.07. The average Bonchev–Trinajstić information content (AvgIpc) is 2.68. The molecule has 2 rings (SSSR count). The molecule has 0 saturated carbocycles. The topological polar surface area (TPSA) is 21.3 Å². The number of benzene rings is 1. The van der Waals surface area contributed by atoms with Gasteiger partial charge in [-0.05, 0) is 24.5 Å². The van der Waals surface area contributed by atoms with Crippen molar-refractivity contribution in [1.29, 1.82) is 0 Å². The summed E-state index contributed by atoms with van der Waals surface area (Å²) in [6.07, 6.45) is 5.61. The number of hydrogen-bond acceptors (Lipinski definition) is 2. The van der Waals surface area contributed by atoms with E-state index in [1.165, 1.54) is 11.1 Å². The lowest BCUT2D eigenvalue weighted by Gasteiger charge is -2.32. The zero-order valence-corrected chi connectivity index (χ0v) is 12.4. The van der Waals surface area contributed by atoms with E-state index >= 15 is 0 Å². The molecule has 1 aliphatic carbocycles. The summed E-state index contributed by atoms with van der Waals surface area (Å²) in [6, 6.07) is 9.61. The Balaban J connectivity index is 2.23. The Kier molecular flexibility index (Phi) is 4.43. The molecule has 2 heteroatoms. The van der Waals surface area contributed by atoms with Crippen molar-refractivity contribution in [3.8, 4) is 0 Å². The molecule has 0 saturated heterocycles. The Labute approximate surface area is 116 Å². The van der Waals surface area contributed by atoms with E-state index in [1.54, 1.807) is 7.11 Å². The second kappa shape index (κ2) is 5.89. The molecule has 1 aromatic rings. The van der Waals surface area contributed by atoms with Crippen LogP contribution < -0.4 is 5.32 Å². The Hall–Kier alpha value is -1.12. The zero-order valence-electron chi connectivity index (χ0n) is 12.4. The van der Waals surface area contributed by atoms with E-state index in [9.17, 15) is 0 Å². The number of nitrogens with one attached hydrogen (secondary N) is 1. The lowest BCUT2D eigenvalue weighted by atomic mass is 9.78. The summed E-state index contributed by atoms with van der Waals surface area (Å²) in [6.45, 7) is 7.38. The first-order valence-electron chi connectivity index (χ1n) is 7.11. The van der Waals surface area contributed by atoms with Gasteiger partial charge in [0.25, 0.3) is 0 Å². The molecule has 1 N–H and O–H groups in total. The van der Waals surface area contributed by atoms with E-state index in [0.717, 1.165) is 13.0 Å². The van der Waals surface area contributed by atoms with E-state index in [0.29, 0.717) is 12.1 Å². The lowest BCUT2D eigenvalue weighted by molar-refractivity contribution is 0.141. The summed E-state index contributed by atoms with van der Waals surface area (Å²) in [7, 11) is 1.79. The molecule has 0 aromatic heterocycles. The Morgan fingerprint density at radius 2 is 1.95 bits per heavy atom. The molecule has 2 atom stereocenters. The smallest absolute Gasteiger partial charge is 0.0594 e. The molecule has 0 heterocycles. The largest absolute Gasteiger partial charge is 0.383 e. The normalized spacial score (nSPS) is 22.8. The third-order valence-corrected chi connectivity index (χ3v) is 3.77. The molecule has 0 radical (unpaired) electrons. The average molecular weight is 259 g/mol. The molecule has 2 unspecified atom stereocenters. The maximum absolute atomic E-state index is 5.51. The predicted molar refractivity (Wildman–Crippen MR) is 81.4 cm³/mol. The van der Waals surface area contributed by atoms with Crippen LogP contribution >= 0.6 is 0 Å². The van der Waals surface area contributed by atoms with Crippen molar-refractivity contribution >= 4 is 6.08 Å². The van der Waals surface area contributed by atoms with Crippen LogP contribution in [0.5, 0.6) is 0 Å². The molecule has 0 aliphatic heterocycles. The van der Waals surface area contributed by atoms with Gasteiger partial charge in [0.2, 0.25) is 0 Å². The predicted octanol–water partition coefficient (Wildman–Crippen LogP) is 3.37. The SMILES string of the molecule is COCC1(CC(C)NC(C)C)C=Cc2ccccc21. The van der Waals surface area contributed by atoms with Crippen molar-refractivity contribution in [2.24, 2.45) is 0 Å². The van der Waals surface area contributed by atoms with Crippen molar-refractivity contribution < 1.29 is 4.74 Å². The molecular formula is C17H25NO. The van der Waals surface area contributed by atoms with Gasteiger partial charge in [0.15, 0.2) is 0 Å². The molecule has 0 amide bonds. The van der Waals surface area contributed by atoms with E-state index < -0.39 is 0 Å². The highest BCUT2D eigenvalue weighted by molar-refractivity contribution is 5.65. The van der Waals surface area contributed by atoms with Crippen LogP contribution in [-0.2, 0) is 10.2 Å². The van der Waals surface area contributed by atoms with Crippen LogP contribution in [-0.4, -0.2) is 25.8 Å². The Morgan fingerprint density at radius 3 is 2.63 bits per heavy atom. The maximum atomic E-state index is 5.51. The van der Waals surface area contributed by atoms with Crippen LogP contribution in [0.15, 0.2) is 30.3 Å². The van der Waals surface area contributed by atoms with Crippen LogP contribution in [0, 0.1) is 0 Å². The van der Waals surface area contributed by atoms with Gasteiger partial charge in [-0.25, -0.2) is 0 Å². The van der Waals surface area contributed by atoms with E-state index in [-0.39, 0.29) is 5.41 Å². The van der Waals surface area contributed by atoms with Crippen molar-refractivity contribution in [3.63, 3.8) is 0 Å². The molecule has 1 aliphatic rings. The van der Waals surface area contributed by atoms with Crippen LogP contribution in [0.2, 0.25) is 0 Å². The van der Waals surface area contributed by atoms with Gasteiger partial charge in [0, 0.05) is 24.6 Å². The maximum Gasteiger partial charge on any atom is 0.0594 e. The van der Waals surface area contributed by atoms with E-state index in [2.05, 4.69) is 62.5 Å². The number of ether oxygens (including phenoxy) is 1. The highest BCUT2D eigenvalue weighted by atomic mass is 16.5. The van der Waals surface area contributed by atoms with Crippen LogP contribution in [0.25, 0.3) is 6.08 Å². The fraction of sp³-hybridized carbons (Fsp3) is 0.529. The van der Waals surface area contributed by atoms with Crippen molar-refractivity contribution in [3.05, 3.63) is 41.5 Å². The monoisotopic (exact) mass is 259 g/mol. The van der Waals surface area contributed by atoms with Crippen LogP contribution in [0.4, 0.5) is 0 Å². The van der Waals surface area contributed by atoms with Gasteiger partial charge in [-0.2, -0.15) is 0 Å². The molecular weight excluding hydrogens is 234 g/mol. The van der Waals surface area contributed by atoms with Gasteiger partial charge in [-0.3, -0.25) is 0 Å². The van der Waals surface area contributed by atoms with Crippen LogP contribution in [0.3, 0.4) is 0 Å². The van der Waals surface area contributed by atoms with E-state index in [4.69, 9.17) is 4.74 Å². The van der Waals surface area contributed by atoms with Gasteiger partial charge in [0.1, 0.15) is 0 Å². The molecule has 1 aromatic carbocycles. The third kappa shape index (κ3) is 3.07. The second-order valence-corrected chi connectivity index (χ2v) is 5.94. The minimum atomic E-state index is 0.0205. The molecule has 0 spiro atoms. The van der Waals surface area contributed by atoms with Crippen molar-refractivity contribution in [1.82, 2.24) is 5.32 Å². The molecule has 0 bridgehead atoms. The minimum absolute atomic E-state index is 0.0205. The highest BCUT2D eigenvalue weighted by Gasteiger charge is 2.36. The summed E-state index contributed by atoms with van der Waals surface area (Å²) >= 11 is 0. The van der Waals surface area contributed by atoms with Gasteiger partial charge in [0.05, 0.1) is 6.61 Å². The lowest BCUT2D eigenvalue weighted by Crippen LogP contribution is -2.40. The summed E-state index contributed by atoms with van der Waals surface area (Å²) in [5.41, 5.74) is 2.75. The fourth-order valence-corrected chi connectivity index (χ4v) is 3.23. The zero-order chi connectivity index (χ0) is 13.9. The molecule has 19 heavy (non-hydrogen) atoms. The van der Waals surface area contributed by atoms with Crippen LogP contribution in [0.1, 0.15) is 38.3 Å². The highest BCUT2D eigenvalue weighted by Crippen LogP contribution is 2.39. The number of fused-ring (bicyclic) bond motifs is 1. The van der Waals surface area contributed by atoms with Gasteiger partial charge in [-0.1, -0.05) is 50.3 Å².